The molecule has 0 aromatic heterocycles. The molecule has 0 saturated heterocycles. The van der Waals surface area contributed by atoms with Gasteiger partial charge in [0.2, 0.25) is 5.75 Å². The van der Waals surface area contributed by atoms with Gasteiger partial charge in [-0.2, -0.15) is 0 Å². The molecule has 0 heterocycles. The van der Waals surface area contributed by atoms with Crippen LogP contribution in [0.25, 0.3) is 0 Å². The molecule has 0 atom stereocenters. The van der Waals surface area contributed by atoms with Crippen molar-refractivity contribution in [3.63, 3.8) is 0 Å². The van der Waals surface area contributed by atoms with Gasteiger partial charge in [-0.05, 0) is 25.0 Å². The number of ether oxygens (including phenoxy) is 4. The Hall–Kier alpha value is -4.40. The van der Waals surface area contributed by atoms with Crippen LogP contribution in [-0.4, -0.2) is 44.2 Å². The topological polar surface area (TPSA) is 110 Å². The summed E-state index contributed by atoms with van der Waals surface area (Å²) in [5.41, 5.74) is 7.84. The van der Waals surface area contributed by atoms with E-state index in [0.717, 1.165) is 16.0 Å². The Balaban J connectivity index is 2.13. The fourth-order valence-corrected chi connectivity index (χ4v) is 3.58. The van der Waals surface area contributed by atoms with E-state index in [9.17, 15) is 4.79 Å². The van der Waals surface area contributed by atoms with Crippen molar-refractivity contribution in [2.24, 2.45) is 5.73 Å². The fraction of sp³-hybridized carbons (Fsp3) is 0.286. The largest absolute Gasteiger partial charge is 0.491 e. The molecule has 0 saturated carbocycles. The van der Waals surface area contributed by atoms with E-state index in [0.29, 0.717) is 48.5 Å². The van der Waals surface area contributed by atoms with Crippen molar-refractivity contribution in [2.75, 3.05) is 32.2 Å². The number of carbonyl (C=O) groups excluding carboxylic acids is 1. The lowest BCUT2D eigenvalue weighted by molar-refractivity contribution is 0.228. The Morgan fingerprint density at radius 2 is 1.32 bits per heavy atom. The van der Waals surface area contributed by atoms with Gasteiger partial charge in [-0.3, -0.25) is 15.2 Å². The van der Waals surface area contributed by atoms with Gasteiger partial charge in [-0.15, -0.1) is 0 Å². The minimum absolute atomic E-state index is 0.251. The molecule has 9 heteroatoms. The van der Waals surface area contributed by atoms with E-state index in [1.54, 1.807) is 13.1 Å². The van der Waals surface area contributed by atoms with Gasteiger partial charge in [-0.25, -0.2) is 4.79 Å². The summed E-state index contributed by atoms with van der Waals surface area (Å²) in [6.07, 6.45) is 0. The Morgan fingerprint density at radius 3 is 1.84 bits per heavy atom. The van der Waals surface area contributed by atoms with E-state index in [4.69, 9.17) is 30.1 Å². The zero-order chi connectivity index (χ0) is 26.8. The van der Waals surface area contributed by atoms with Crippen molar-refractivity contribution < 1.29 is 23.7 Å². The molecule has 0 aliphatic carbocycles. The molecule has 0 spiro atoms. The molecule has 0 fully saturated rings. The highest BCUT2D eigenvalue weighted by molar-refractivity contribution is 6.04. The summed E-state index contributed by atoms with van der Waals surface area (Å²) in [6.45, 7) is 4.87. The van der Waals surface area contributed by atoms with Crippen LogP contribution in [0.3, 0.4) is 0 Å². The fourth-order valence-electron chi connectivity index (χ4n) is 3.58. The van der Waals surface area contributed by atoms with Gasteiger partial charge < -0.3 is 24.7 Å². The van der Waals surface area contributed by atoms with E-state index < -0.39 is 12.0 Å². The van der Waals surface area contributed by atoms with E-state index in [1.807, 2.05) is 74.5 Å². The van der Waals surface area contributed by atoms with Gasteiger partial charge in [0.25, 0.3) is 0 Å². The minimum atomic E-state index is -0.540. The molecule has 3 N–H and O–H groups in total. The number of urea groups is 1. The maximum atomic E-state index is 13.1. The number of hydrogen-bond acceptors (Lipinski definition) is 6. The second-order valence-electron chi connectivity index (χ2n) is 8.08. The molecule has 3 rings (SSSR count). The van der Waals surface area contributed by atoms with Crippen LogP contribution in [0.5, 0.6) is 23.0 Å². The summed E-state index contributed by atoms with van der Waals surface area (Å²) < 4.78 is 24.5. The smallest absolute Gasteiger partial charge is 0.330 e. The number of nitrogens with zero attached hydrogens (tertiary/aromatic N) is 2. The second-order valence-corrected chi connectivity index (χ2v) is 8.08. The SMILES string of the molecule is CCOc1cc(OCc2ccccc2)c(OCc2ccccc2)c(OCC)c1N(C)C(=O)N(C)C(=N)N. The monoisotopic (exact) mass is 506 g/mol. The predicted molar refractivity (Wildman–Crippen MR) is 144 cm³/mol. The van der Waals surface area contributed by atoms with Gasteiger partial charge in [-0.1, -0.05) is 60.7 Å². The first-order valence-corrected chi connectivity index (χ1v) is 12.0. The quantitative estimate of drug-likeness (QED) is 0.279. The van der Waals surface area contributed by atoms with Gasteiger partial charge in [0.1, 0.15) is 18.9 Å². The van der Waals surface area contributed by atoms with Crippen molar-refractivity contribution >= 4 is 17.7 Å². The average molecular weight is 507 g/mol. The molecule has 0 bridgehead atoms. The number of nitrogens with two attached hydrogens (primary N) is 1. The van der Waals surface area contributed by atoms with Crippen molar-refractivity contribution in [1.29, 1.82) is 5.41 Å². The normalized spacial score (nSPS) is 10.4. The number of hydrogen-bond donors (Lipinski definition) is 2. The number of amides is 2. The van der Waals surface area contributed by atoms with Crippen LogP contribution in [0, 0.1) is 5.41 Å². The molecule has 3 aromatic carbocycles. The first kappa shape index (κ1) is 27.2. The second kappa shape index (κ2) is 13.1. The van der Waals surface area contributed by atoms with Crippen LogP contribution in [-0.2, 0) is 13.2 Å². The van der Waals surface area contributed by atoms with Crippen molar-refractivity contribution in [3.05, 3.63) is 77.9 Å². The number of benzene rings is 3. The molecule has 37 heavy (non-hydrogen) atoms. The lowest BCUT2D eigenvalue weighted by Crippen LogP contribution is -2.45. The Labute approximate surface area is 217 Å². The molecule has 0 radical (unpaired) electrons. The molecular formula is C28H34N4O5. The third-order valence-corrected chi connectivity index (χ3v) is 5.46. The van der Waals surface area contributed by atoms with E-state index in [2.05, 4.69) is 0 Å². The Kier molecular flexibility index (Phi) is 9.60. The molecule has 3 aromatic rings. The highest BCUT2D eigenvalue weighted by Gasteiger charge is 2.30. The van der Waals surface area contributed by atoms with Gasteiger partial charge in [0, 0.05) is 20.2 Å². The maximum Gasteiger partial charge on any atom is 0.330 e. The first-order chi connectivity index (χ1) is 17.9. The number of guanidine groups is 1. The summed E-state index contributed by atoms with van der Waals surface area (Å²) in [7, 11) is 2.99. The standard InChI is InChI=1S/C28H34N4O5/c1-5-34-22-17-23(36-18-20-13-9-7-10-14-20)25(37-19-21-15-11-8-12-16-21)26(35-6-2)24(22)31(3)28(33)32(4)27(29)30/h7-17H,5-6,18-19H2,1-4H3,(H3,29,30). The molecule has 2 amide bonds. The molecule has 0 unspecified atom stereocenters. The molecule has 9 nitrogen and oxygen atoms in total. The molecular weight excluding hydrogens is 472 g/mol. The van der Waals surface area contributed by atoms with Crippen LogP contribution < -0.4 is 29.6 Å². The van der Waals surface area contributed by atoms with Gasteiger partial charge >= 0.3 is 6.03 Å². The summed E-state index contributed by atoms with van der Waals surface area (Å²) in [5.74, 6) is 1.02. The predicted octanol–water partition coefficient (Wildman–Crippen LogP) is 5.02. The number of nitrogens with one attached hydrogen (secondary N) is 1. The lowest BCUT2D eigenvalue weighted by atomic mass is 10.2. The summed E-state index contributed by atoms with van der Waals surface area (Å²) in [6, 6.07) is 20.6. The zero-order valence-corrected chi connectivity index (χ0v) is 21.7. The Morgan fingerprint density at radius 1 is 0.784 bits per heavy atom. The summed E-state index contributed by atoms with van der Waals surface area (Å²) in [5, 5.41) is 7.68. The van der Waals surface area contributed by atoms with E-state index in [1.165, 1.54) is 11.9 Å². The van der Waals surface area contributed by atoms with Crippen LogP contribution in [0.4, 0.5) is 10.5 Å². The minimum Gasteiger partial charge on any atom is -0.491 e. The number of rotatable bonds is 11. The summed E-state index contributed by atoms with van der Waals surface area (Å²) >= 11 is 0. The highest BCUT2D eigenvalue weighted by Crippen LogP contribution is 2.51. The Bertz CT molecular complexity index is 1190. The van der Waals surface area contributed by atoms with Crippen LogP contribution in [0.15, 0.2) is 66.7 Å². The average Bonchev–Trinajstić information content (AvgIpc) is 2.91. The maximum absolute atomic E-state index is 13.1. The lowest BCUT2D eigenvalue weighted by Gasteiger charge is -2.29. The van der Waals surface area contributed by atoms with Crippen molar-refractivity contribution in [2.45, 2.75) is 27.1 Å². The molecule has 0 aliphatic heterocycles. The van der Waals surface area contributed by atoms with E-state index in [-0.39, 0.29) is 6.61 Å². The summed E-state index contributed by atoms with van der Waals surface area (Å²) in [4.78, 5) is 15.5. The van der Waals surface area contributed by atoms with Crippen LogP contribution in [0.2, 0.25) is 0 Å². The van der Waals surface area contributed by atoms with Gasteiger partial charge in [0.05, 0.1) is 13.2 Å². The highest BCUT2D eigenvalue weighted by atomic mass is 16.5. The molecule has 0 aliphatic rings. The third kappa shape index (κ3) is 6.84. The van der Waals surface area contributed by atoms with Gasteiger partial charge in [0.15, 0.2) is 23.2 Å². The van der Waals surface area contributed by atoms with Crippen molar-refractivity contribution in [1.82, 2.24) is 4.90 Å². The number of carbonyl (C=O) groups is 1. The van der Waals surface area contributed by atoms with Crippen LogP contribution >= 0.6 is 0 Å². The zero-order valence-electron chi connectivity index (χ0n) is 21.7. The number of anilines is 1. The third-order valence-electron chi connectivity index (χ3n) is 5.46. The first-order valence-electron chi connectivity index (χ1n) is 12.0. The van der Waals surface area contributed by atoms with E-state index >= 15 is 0 Å². The van der Waals surface area contributed by atoms with Crippen LogP contribution in [0.1, 0.15) is 25.0 Å². The molecule has 196 valence electrons. The van der Waals surface area contributed by atoms with Crippen molar-refractivity contribution in [3.8, 4) is 23.0 Å².